The summed E-state index contributed by atoms with van der Waals surface area (Å²) in [5.74, 6) is -0.172. The number of rotatable bonds is 3. The minimum Gasteiger partial charge on any atom is -0.314 e. The van der Waals surface area contributed by atoms with Crippen LogP contribution >= 0.6 is 11.8 Å². The Labute approximate surface area is 118 Å². The van der Waals surface area contributed by atoms with Gasteiger partial charge in [0.15, 0.2) is 9.84 Å². The first-order chi connectivity index (χ1) is 8.67. The second-order valence-electron chi connectivity index (χ2n) is 5.22. The molecule has 0 saturated carbocycles. The molecule has 0 radical (unpaired) electrons. The normalized spacial score (nSPS) is 41.9. The minimum atomic E-state index is -3.70. The zero-order chi connectivity index (χ0) is 14.4. The quantitative estimate of drug-likeness (QED) is 0.747. The molecule has 3 N–H and O–H groups in total. The molecule has 2 aliphatic rings. The van der Waals surface area contributed by atoms with Crippen molar-refractivity contribution in [1.82, 2.24) is 5.32 Å². The van der Waals surface area contributed by atoms with Crippen molar-refractivity contribution in [2.24, 2.45) is 11.1 Å². The molecule has 0 spiro atoms. The number of hydrogen-bond acceptors (Lipinski definition) is 6. The van der Waals surface area contributed by atoms with Gasteiger partial charge in [0.25, 0.3) is 0 Å². The maximum Gasteiger partial charge on any atom is 0.221 e. The summed E-state index contributed by atoms with van der Waals surface area (Å²) in [5, 5.41) is 8.02. The van der Waals surface area contributed by atoms with Gasteiger partial charge in [0, 0.05) is 12.0 Å². The lowest BCUT2D eigenvalue weighted by atomic mass is 9.94. The van der Waals surface area contributed by atoms with Crippen molar-refractivity contribution in [1.29, 1.82) is 0 Å². The van der Waals surface area contributed by atoms with Crippen LogP contribution < -0.4 is 10.5 Å². The molecule has 2 heterocycles. The molecule has 0 aromatic rings. The van der Waals surface area contributed by atoms with Gasteiger partial charge in [0.2, 0.25) is 10.0 Å². The number of thioether (sulfide) groups is 1. The van der Waals surface area contributed by atoms with E-state index >= 15 is 0 Å². The van der Waals surface area contributed by atoms with Gasteiger partial charge in [-0.3, -0.25) is 0 Å². The van der Waals surface area contributed by atoms with Crippen molar-refractivity contribution in [3.8, 4) is 0 Å². The Bertz CT molecular complexity index is 545. The van der Waals surface area contributed by atoms with Crippen LogP contribution in [0.15, 0.2) is 0 Å². The molecular weight excluding hydrogens is 308 g/mol. The highest BCUT2D eigenvalue weighted by Gasteiger charge is 2.54. The van der Waals surface area contributed by atoms with Crippen LogP contribution in [0.2, 0.25) is 0 Å². The van der Waals surface area contributed by atoms with Crippen LogP contribution in [0.1, 0.15) is 26.7 Å². The highest BCUT2D eigenvalue weighted by molar-refractivity contribution is 8.20. The maximum atomic E-state index is 12.3. The summed E-state index contributed by atoms with van der Waals surface area (Å²) in [7, 11) is -6.98. The van der Waals surface area contributed by atoms with Gasteiger partial charge in [-0.2, -0.15) is 0 Å². The summed E-state index contributed by atoms with van der Waals surface area (Å²) in [5.41, 5.74) is 0. The second-order valence-corrected chi connectivity index (χ2v) is 11.4. The number of hydrogen-bond donors (Lipinski definition) is 2. The molecule has 9 heteroatoms. The van der Waals surface area contributed by atoms with Crippen LogP contribution in [0.25, 0.3) is 0 Å². The molecule has 2 saturated heterocycles. The SMILES string of the molecule is CCN[C@H]1C[C@@H](C)S(=O)(=O)[C@@H]2S[C@@H](S(N)(=O)=O)C[C@@H]12. The molecule has 19 heavy (non-hydrogen) atoms. The summed E-state index contributed by atoms with van der Waals surface area (Å²) >= 11 is 1.00. The van der Waals surface area contributed by atoms with Crippen molar-refractivity contribution in [3.05, 3.63) is 0 Å². The minimum absolute atomic E-state index is 0.0489. The average molecular weight is 328 g/mol. The van der Waals surface area contributed by atoms with Gasteiger partial charge in [0.05, 0.1) is 5.25 Å². The van der Waals surface area contributed by atoms with E-state index in [1.165, 1.54) is 0 Å². The lowest BCUT2D eigenvalue weighted by molar-refractivity contribution is 0.331. The fraction of sp³-hybridized carbons (Fsp3) is 1.00. The van der Waals surface area contributed by atoms with Crippen LogP contribution in [-0.2, 0) is 19.9 Å². The number of sulfone groups is 1. The third kappa shape index (κ3) is 2.80. The van der Waals surface area contributed by atoms with E-state index in [9.17, 15) is 16.8 Å². The van der Waals surface area contributed by atoms with E-state index in [0.29, 0.717) is 12.8 Å². The summed E-state index contributed by atoms with van der Waals surface area (Å²) in [6, 6.07) is 0.0489. The standard InChI is InChI=1S/C10H20N2O4S3/c1-3-12-8-4-6(2)18(13,14)10-7(8)5-9(17-10)19(11,15)16/h6-10,12H,3-5H2,1-2H3,(H2,11,15,16)/t6-,7+,8+,9+,10+/m1/s1. The lowest BCUT2D eigenvalue weighted by Gasteiger charge is -2.36. The van der Waals surface area contributed by atoms with Crippen molar-refractivity contribution in [2.45, 2.75) is 47.1 Å². The third-order valence-corrected chi connectivity index (χ3v) is 10.5. The number of sulfonamides is 1. The summed E-state index contributed by atoms with van der Waals surface area (Å²) in [6.07, 6.45) is 0.854. The first kappa shape index (κ1) is 15.6. The van der Waals surface area contributed by atoms with E-state index in [4.69, 9.17) is 5.14 Å². The number of nitrogens with two attached hydrogens (primary N) is 1. The number of fused-ring (bicyclic) bond motifs is 1. The Morgan fingerprint density at radius 2 is 2.00 bits per heavy atom. The Balaban J connectivity index is 2.33. The van der Waals surface area contributed by atoms with Crippen LogP contribution in [0, 0.1) is 5.92 Å². The van der Waals surface area contributed by atoms with Crippen LogP contribution in [-0.4, -0.2) is 43.8 Å². The van der Waals surface area contributed by atoms with Gasteiger partial charge in [-0.15, -0.1) is 11.8 Å². The molecule has 0 aliphatic carbocycles. The first-order valence-corrected chi connectivity index (χ1v) is 10.5. The van der Waals surface area contributed by atoms with Gasteiger partial charge in [-0.05, 0) is 26.3 Å². The van der Waals surface area contributed by atoms with Crippen molar-refractivity contribution < 1.29 is 16.8 Å². The van der Waals surface area contributed by atoms with Gasteiger partial charge in [-0.25, -0.2) is 22.0 Å². The molecule has 0 aromatic carbocycles. The third-order valence-electron chi connectivity index (χ3n) is 3.92. The Kier molecular flexibility index (Phi) is 4.24. The van der Waals surface area contributed by atoms with Crippen molar-refractivity contribution in [3.63, 3.8) is 0 Å². The molecule has 112 valence electrons. The fourth-order valence-electron chi connectivity index (χ4n) is 2.92. The molecule has 2 rings (SSSR count). The molecule has 0 unspecified atom stereocenters. The molecule has 0 amide bonds. The van der Waals surface area contributed by atoms with E-state index in [2.05, 4.69) is 5.32 Å². The summed E-state index contributed by atoms with van der Waals surface area (Å²) in [6.45, 7) is 4.40. The molecule has 2 aliphatic heterocycles. The van der Waals surface area contributed by atoms with E-state index in [0.717, 1.165) is 18.3 Å². The molecule has 0 bridgehead atoms. The average Bonchev–Trinajstić information content (AvgIpc) is 2.72. The van der Waals surface area contributed by atoms with Crippen LogP contribution in [0.5, 0.6) is 0 Å². The molecular formula is C10H20N2O4S3. The maximum absolute atomic E-state index is 12.3. The highest BCUT2D eigenvalue weighted by Crippen LogP contribution is 2.49. The van der Waals surface area contributed by atoms with Crippen LogP contribution in [0.3, 0.4) is 0 Å². The Morgan fingerprint density at radius 1 is 1.37 bits per heavy atom. The smallest absolute Gasteiger partial charge is 0.221 e. The second kappa shape index (κ2) is 5.18. The number of primary sulfonamides is 1. The largest absolute Gasteiger partial charge is 0.314 e. The first-order valence-electron chi connectivity index (χ1n) is 6.31. The zero-order valence-corrected chi connectivity index (χ0v) is 13.4. The summed E-state index contributed by atoms with van der Waals surface area (Å²) in [4.78, 5) is 0. The van der Waals surface area contributed by atoms with Gasteiger partial charge < -0.3 is 5.32 Å². The van der Waals surface area contributed by atoms with Gasteiger partial charge >= 0.3 is 0 Å². The van der Waals surface area contributed by atoms with E-state index in [1.54, 1.807) is 6.92 Å². The van der Waals surface area contributed by atoms with Crippen molar-refractivity contribution >= 4 is 31.6 Å². The summed E-state index contributed by atoms with van der Waals surface area (Å²) < 4.78 is 46.2. The predicted octanol–water partition coefficient (Wildman–Crippen LogP) is -0.135. The molecule has 6 nitrogen and oxygen atoms in total. The highest BCUT2D eigenvalue weighted by atomic mass is 32.3. The van der Waals surface area contributed by atoms with E-state index in [-0.39, 0.29) is 12.0 Å². The topological polar surface area (TPSA) is 106 Å². The fourth-order valence-corrected chi connectivity index (χ4v) is 9.05. The molecule has 2 fully saturated rings. The van der Waals surface area contributed by atoms with Gasteiger partial charge in [0.1, 0.15) is 9.16 Å². The van der Waals surface area contributed by atoms with E-state index < -0.39 is 34.3 Å². The van der Waals surface area contributed by atoms with Gasteiger partial charge in [-0.1, -0.05) is 6.92 Å². The molecule has 0 aromatic heterocycles. The Hall–Kier alpha value is 0.170. The lowest BCUT2D eigenvalue weighted by Crippen LogP contribution is -2.50. The monoisotopic (exact) mass is 328 g/mol. The van der Waals surface area contributed by atoms with E-state index in [1.807, 2.05) is 6.92 Å². The Morgan fingerprint density at radius 3 is 2.53 bits per heavy atom. The zero-order valence-electron chi connectivity index (χ0n) is 10.9. The predicted molar refractivity (Wildman–Crippen MR) is 76.8 cm³/mol. The van der Waals surface area contributed by atoms with Crippen LogP contribution in [0.4, 0.5) is 0 Å². The van der Waals surface area contributed by atoms with Crippen molar-refractivity contribution in [2.75, 3.05) is 6.54 Å². The number of nitrogens with one attached hydrogen (secondary N) is 1. The molecule has 5 atom stereocenters.